The molecular formula is C40H66N2O4+2. The van der Waals surface area contributed by atoms with Crippen LogP contribution in [0.2, 0.25) is 0 Å². The van der Waals surface area contributed by atoms with Gasteiger partial charge in [0.2, 0.25) is 0 Å². The molecule has 0 amide bonds. The van der Waals surface area contributed by atoms with Gasteiger partial charge in [0.15, 0.2) is 0 Å². The Bertz CT molecular complexity index is 1020. The van der Waals surface area contributed by atoms with Gasteiger partial charge in [-0.15, -0.1) is 0 Å². The Morgan fingerprint density at radius 2 is 0.870 bits per heavy atom. The summed E-state index contributed by atoms with van der Waals surface area (Å²) in [5.41, 5.74) is 1.95. The molecule has 46 heavy (non-hydrogen) atoms. The molecule has 4 atom stereocenters. The number of rotatable bonds is 17. The van der Waals surface area contributed by atoms with Crippen molar-refractivity contribution in [3.63, 3.8) is 0 Å². The number of likely N-dealkylation sites (tertiary alicyclic amines) is 2. The minimum atomic E-state index is -0.547. The molecule has 2 heterocycles. The third kappa shape index (κ3) is 11.2. The fourth-order valence-corrected chi connectivity index (χ4v) is 8.04. The summed E-state index contributed by atoms with van der Waals surface area (Å²) < 4.78 is 13.7. The molecule has 2 N–H and O–H groups in total. The Labute approximate surface area is 280 Å². The predicted molar refractivity (Wildman–Crippen MR) is 189 cm³/mol. The lowest BCUT2D eigenvalue weighted by atomic mass is 9.83. The van der Waals surface area contributed by atoms with E-state index >= 15 is 0 Å². The molecule has 258 valence electrons. The number of hydrogen-bond donors (Lipinski definition) is 2. The van der Waals surface area contributed by atoms with Crippen molar-refractivity contribution < 1.29 is 28.7 Å². The number of aliphatic hydroxyl groups is 2. The van der Waals surface area contributed by atoms with Crippen molar-refractivity contribution in [3.8, 4) is 11.5 Å². The van der Waals surface area contributed by atoms with E-state index in [4.69, 9.17) is 9.47 Å². The predicted octanol–water partition coefficient (Wildman–Crippen LogP) is 8.09. The molecule has 0 radical (unpaired) electrons. The second kappa shape index (κ2) is 18.4. The van der Waals surface area contributed by atoms with Crippen LogP contribution in [0.3, 0.4) is 0 Å². The van der Waals surface area contributed by atoms with Gasteiger partial charge in [0.1, 0.15) is 11.5 Å². The number of nitrogens with zero attached hydrogens (tertiary/aromatic N) is 2. The van der Waals surface area contributed by atoms with E-state index < -0.39 is 12.2 Å². The van der Waals surface area contributed by atoms with Crippen LogP contribution in [-0.2, 0) is 0 Å². The summed E-state index contributed by atoms with van der Waals surface area (Å²) in [7, 11) is 4.81. The second-order valence-electron chi connectivity index (χ2n) is 15.1. The third-order valence-corrected chi connectivity index (χ3v) is 10.8. The minimum Gasteiger partial charge on any atom is -0.494 e. The molecular weight excluding hydrogens is 572 g/mol. The number of benzene rings is 2. The summed E-state index contributed by atoms with van der Waals surface area (Å²) in [4.78, 5) is 0. The zero-order chi connectivity index (χ0) is 32.8. The van der Waals surface area contributed by atoms with Gasteiger partial charge in [-0.25, -0.2) is 0 Å². The number of ether oxygens (including phenoxy) is 2. The highest BCUT2D eigenvalue weighted by Crippen LogP contribution is 2.36. The monoisotopic (exact) mass is 639 g/mol. The number of aliphatic hydroxyl groups excluding tert-OH is 2. The van der Waals surface area contributed by atoms with Gasteiger partial charge in [-0.3, -0.25) is 0 Å². The molecule has 2 fully saturated rings. The average molecular weight is 639 g/mol. The van der Waals surface area contributed by atoms with Crippen molar-refractivity contribution >= 4 is 0 Å². The molecule has 0 saturated carbocycles. The van der Waals surface area contributed by atoms with Gasteiger partial charge in [-0.05, 0) is 112 Å². The summed E-state index contributed by atoms with van der Waals surface area (Å²) in [5, 5.41) is 24.0. The van der Waals surface area contributed by atoms with E-state index in [0.717, 1.165) is 70.4 Å². The summed E-state index contributed by atoms with van der Waals surface area (Å²) in [5.74, 6) is 1.95. The van der Waals surface area contributed by atoms with Gasteiger partial charge in [0, 0.05) is 11.8 Å². The normalized spacial score (nSPS) is 20.9. The van der Waals surface area contributed by atoms with E-state index in [-0.39, 0.29) is 11.8 Å². The third-order valence-electron chi connectivity index (χ3n) is 10.8. The van der Waals surface area contributed by atoms with Crippen molar-refractivity contribution in [2.24, 2.45) is 11.8 Å². The van der Waals surface area contributed by atoms with Gasteiger partial charge in [-0.1, -0.05) is 38.1 Å². The maximum absolute atomic E-state index is 12.0. The molecule has 0 aromatic heterocycles. The van der Waals surface area contributed by atoms with Crippen molar-refractivity contribution in [2.45, 2.75) is 103 Å². The smallest absolute Gasteiger partial charge is 0.119 e. The standard InChI is InChI=1S/C40H66N2O4/c1-5-29-45-37-21-17-33(18-22-37)39(43)35(31-41(3)25-11-7-8-12-26-41)15-16-36(32-42(4)27-13-9-10-14-28-42)40(44)34-19-23-38(24-20-34)46-30-6-2/h17-24,35-36,39-40,43-44H,5-16,25-32H2,1-4H3/q+2. The number of quaternary nitrogens is 2. The molecule has 2 aromatic rings. The van der Waals surface area contributed by atoms with Crippen LogP contribution in [0.15, 0.2) is 48.5 Å². The van der Waals surface area contributed by atoms with Crippen LogP contribution in [0.4, 0.5) is 0 Å². The first-order valence-electron chi connectivity index (χ1n) is 18.7. The van der Waals surface area contributed by atoms with Gasteiger partial charge < -0.3 is 28.7 Å². The van der Waals surface area contributed by atoms with Crippen molar-refractivity contribution in [2.75, 3.05) is 66.6 Å². The van der Waals surface area contributed by atoms with E-state index in [2.05, 4.69) is 52.2 Å². The van der Waals surface area contributed by atoms with Crippen LogP contribution in [0, 0.1) is 11.8 Å². The van der Waals surface area contributed by atoms with Crippen molar-refractivity contribution in [1.29, 1.82) is 0 Å². The van der Waals surface area contributed by atoms with Crippen LogP contribution in [0.5, 0.6) is 11.5 Å². The molecule has 2 aromatic carbocycles. The van der Waals surface area contributed by atoms with Crippen LogP contribution in [0.25, 0.3) is 0 Å². The van der Waals surface area contributed by atoms with E-state index in [9.17, 15) is 10.2 Å². The fraction of sp³-hybridized carbons (Fsp3) is 0.700. The highest BCUT2D eigenvalue weighted by molar-refractivity contribution is 5.30. The number of hydrogen-bond acceptors (Lipinski definition) is 4. The SMILES string of the molecule is CCCOc1ccc(C(O)C(CCC(C[N+]2(C)CCCCCC2)C(O)c2ccc(OCCC)cc2)C[N+]2(C)CCCCCC2)cc1. The molecule has 6 nitrogen and oxygen atoms in total. The largest absolute Gasteiger partial charge is 0.494 e. The molecule has 2 aliphatic heterocycles. The first kappa shape index (κ1) is 36.7. The zero-order valence-corrected chi connectivity index (χ0v) is 29.7. The maximum Gasteiger partial charge on any atom is 0.119 e. The van der Waals surface area contributed by atoms with Gasteiger partial charge in [0.05, 0.1) is 78.8 Å². The molecule has 0 spiro atoms. The van der Waals surface area contributed by atoms with Crippen LogP contribution in [0.1, 0.15) is 114 Å². The molecule has 4 rings (SSSR count). The Morgan fingerprint density at radius 3 is 1.17 bits per heavy atom. The summed E-state index contributed by atoms with van der Waals surface area (Å²) in [6.07, 6.45) is 12.9. The Morgan fingerprint density at radius 1 is 0.543 bits per heavy atom. The van der Waals surface area contributed by atoms with Gasteiger partial charge in [0.25, 0.3) is 0 Å². The van der Waals surface area contributed by atoms with Gasteiger partial charge in [-0.2, -0.15) is 0 Å². The lowest BCUT2D eigenvalue weighted by molar-refractivity contribution is -0.913. The lowest BCUT2D eigenvalue weighted by Crippen LogP contribution is -2.50. The quantitative estimate of drug-likeness (QED) is 0.172. The van der Waals surface area contributed by atoms with Crippen molar-refractivity contribution in [1.82, 2.24) is 0 Å². The lowest BCUT2D eigenvalue weighted by Gasteiger charge is -2.40. The molecule has 0 bridgehead atoms. The molecule has 6 heteroatoms. The van der Waals surface area contributed by atoms with Crippen LogP contribution >= 0.6 is 0 Å². The zero-order valence-electron chi connectivity index (χ0n) is 29.7. The fourth-order valence-electron chi connectivity index (χ4n) is 8.04. The average Bonchev–Trinajstić information content (AvgIpc) is 3.43. The molecule has 2 saturated heterocycles. The summed E-state index contributed by atoms with van der Waals surface area (Å²) in [6, 6.07) is 16.3. The summed E-state index contributed by atoms with van der Waals surface area (Å²) in [6.45, 7) is 12.3. The highest BCUT2D eigenvalue weighted by Gasteiger charge is 2.36. The Hall–Kier alpha value is -2.12. The Kier molecular flexibility index (Phi) is 14.7. The van der Waals surface area contributed by atoms with Crippen molar-refractivity contribution in [3.05, 3.63) is 59.7 Å². The first-order valence-corrected chi connectivity index (χ1v) is 18.7. The van der Waals surface area contributed by atoms with E-state index in [1.165, 1.54) is 77.5 Å². The van der Waals surface area contributed by atoms with Crippen LogP contribution in [-0.4, -0.2) is 85.8 Å². The van der Waals surface area contributed by atoms with E-state index in [1.54, 1.807) is 0 Å². The minimum absolute atomic E-state index is 0.111. The first-order chi connectivity index (χ1) is 22.2. The van der Waals surface area contributed by atoms with Crippen LogP contribution < -0.4 is 9.47 Å². The van der Waals surface area contributed by atoms with E-state index in [0.29, 0.717) is 13.2 Å². The highest BCUT2D eigenvalue weighted by atomic mass is 16.5. The molecule has 4 unspecified atom stereocenters. The topological polar surface area (TPSA) is 58.9 Å². The second-order valence-corrected chi connectivity index (χ2v) is 15.1. The Balaban J connectivity index is 1.57. The van der Waals surface area contributed by atoms with E-state index in [1.807, 2.05) is 24.3 Å². The molecule has 2 aliphatic rings. The maximum atomic E-state index is 12.0. The molecule has 0 aliphatic carbocycles. The summed E-state index contributed by atoms with van der Waals surface area (Å²) >= 11 is 0. The van der Waals surface area contributed by atoms with Gasteiger partial charge >= 0.3 is 0 Å².